The maximum absolute atomic E-state index is 6.38. The van der Waals surface area contributed by atoms with E-state index in [9.17, 15) is 0 Å². The van der Waals surface area contributed by atoms with Crippen molar-refractivity contribution in [3.63, 3.8) is 0 Å². The standard InChI is InChI=1S/C23H32I2N4O/c1-5-27-23-20-22(25-21(24-20)15(2)3)29(14-28-23)13-16-10-11-18(26-4)19(12-16)30-17-8-6-7-9-17/h10-12,14-15,17,26-27H,5-9,13H2,1-4H3. The van der Waals surface area contributed by atoms with Crippen LogP contribution in [-0.2, 0) is 6.54 Å². The monoisotopic (exact) mass is 634 g/mol. The Labute approximate surface area is 200 Å². The van der Waals surface area contributed by atoms with Crippen molar-refractivity contribution < 1.29 is 4.74 Å². The molecule has 4 rings (SSSR count). The molecule has 2 heterocycles. The van der Waals surface area contributed by atoms with Crippen LogP contribution in [0, 0.1) is 5.92 Å². The van der Waals surface area contributed by atoms with E-state index in [4.69, 9.17) is 9.73 Å². The lowest BCUT2D eigenvalue weighted by Crippen LogP contribution is -2.33. The first-order chi connectivity index (χ1) is 14.6. The molecule has 1 fully saturated rings. The molecule has 5 nitrogen and oxygen atoms in total. The number of aliphatic imine (C=N–C) groups is 1. The van der Waals surface area contributed by atoms with Crippen molar-refractivity contribution in [1.29, 1.82) is 0 Å². The van der Waals surface area contributed by atoms with Gasteiger partial charge in [0.25, 0.3) is 0 Å². The molecule has 2 N–H and O–H groups in total. The molecule has 0 spiro atoms. The second kappa shape index (κ2) is 10.1. The molecule has 0 aromatic heterocycles. The van der Waals surface area contributed by atoms with E-state index in [1.54, 1.807) is 3.63 Å². The van der Waals surface area contributed by atoms with E-state index in [2.05, 4.69) is 54.5 Å². The van der Waals surface area contributed by atoms with Gasteiger partial charge in [0.15, 0.2) is 0 Å². The zero-order valence-corrected chi connectivity index (χ0v) is 22.6. The Kier molecular flexibility index (Phi) is 7.48. The van der Waals surface area contributed by atoms with Gasteiger partial charge in [-0.05, 0) is 56.2 Å². The highest BCUT2D eigenvalue weighted by Gasteiger charge is 2.27. The minimum Gasteiger partial charge on any atom is -0.488 e. The first-order valence-electron chi connectivity index (χ1n) is 10.9. The van der Waals surface area contributed by atoms with E-state index in [-0.39, 0.29) is 41.5 Å². The SMILES string of the molecule is CCNC1=C2I=C(C(C)C)I=C2N(Cc2ccc(NC)c(OC3CCCC3)c2)C=N1. The minimum absolute atomic E-state index is 0.0502. The zero-order valence-electron chi connectivity index (χ0n) is 18.3. The third-order valence-electron chi connectivity index (χ3n) is 5.38. The second-order valence-electron chi connectivity index (χ2n) is 8.09. The predicted octanol–water partition coefficient (Wildman–Crippen LogP) is 5.54. The van der Waals surface area contributed by atoms with Gasteiger partial charge in [-0.15, -0.1) is 0 Å². The number of ether oxygens (including phenoxy) is 1. The summed E-state index contributed by atoms with van der Waals surface area (Å²) in [7, 11) is 1.97. The van der Waals surface area contributed by atoms with Gasteiger partial charge in [-0.3, -0.25) is 0 Å². The van der Waals surface area contributed by atoms with E-state index >= 15 is 0 Å². The average Bonchev–Trinajstić information content (AvgIpc) is 3.40. The maximum Gasteiger partial charge on any atom is 0.143 e. The van der Waals surface area contributed by atoms with E-state index in [1.165, 1.54) is 34.8 Å². The molecular weight excluding hydrogens is 602 g/mol. The molecule has 3 aliphatic rings. The quantitative estimate of drug-likeness (QED) is 0.369. The van der Waals surface area contributed by atoms with Crippen molar-refractivity contribution in [3.8, 4) is 5.75 Å². The van der Waals surface area contributed by atoms with Gasteiger partial charge in [0, 0.05) is 21.7 Å². The fraction of sp³-hybridized carbons (Fsp3) is 0.522. The molecule has 0 radical (unpaired) electrons. The van der Waals surface area contributed by atoms with E-state index < -0.39 is 0 Å². The molecule has 1 saturated carbocycles. The van der Waals surface area contributed by atoms with Gasteiger partial charge in [-0.2, -0.15) is 0 Å². The zero-order chi connectivity index (χ0) is 21.1. The predicted molar refractivity (Wildman–Crippen MR) is 147 cm³/mol. The normalized spacial score (nSPS) is 19.2. The summed E-state index contributed by atoms with van der Waals surface area (Å²) in [5.41, 5.74) is 2.36. The Morgan fingerprint density at radius 2 is 2.03 bits per heavy atom. The van der Waals surface area contributed by atoms with Gasteiger partial charge in [-0.25, -0.2) is 4.99 Å². The summed E-state index contributed by atoms with van der Waals surface area (Å²) < 4.78 is 11.3. The molecule has 1 aliphatic carbocycles. The van der Waals surface area contributed by atoms with Crippen LogP contribution in [0.2, 0.25) is 0 Å². The van der Waals surface area contributed by atoms with Gasteiger partial charge in [0.2, 0.25) is 0 Å². The fourth-order valence-corrected chi connectivity index (χ4v) is 13.1. The van der Waals surface area contributed by atoms with Crippen LogP contribution < -0.4 is 15.4 Å². The third-order valence-corrected chi connectivity index (χ3v) is 15.9. The fourth-order valence-electron chi connectivity index (χ4n) is 3.80. The molecule has 0 bridgehead atoms. The molecule has 0 unspecified atom stereocenters. The van der Waals surface area contributed by atoms with Crippen LogP contribution in [0.15, 0.2) is 32.6 Å². The number of halogens is 2. The molecule has 1 aromatic rings. The summed E-state index contributed by atoms with van der Waals surface area (Å²) in [5, 5.41) is 6.80. The van der Waals surface area contributed by atoms with Crippen LogP contribution in [-0.4, -0.2) is 36.1 Å². The van der Waals surface area contributed by atoms with Gasteiger partial charge in [-0.1, -0.05) is 61.4 Å². The molecule has 7 heteroatoms. The summed E-state index contributed by atoms with van der Waals surface area (Å²) in [6.07, 6.45) is 7.33. The molecule has 0 atom stereocenters. The van der Waals surface area contributed by atoms with E-state index in [1.807, 2.05) is 14.9 Å². The van der Waals surface area contributed by atoms with Crippen LogP contribution in [0.3, 0.4) is 0 Å². The molecule has 30 heavy (non-hydrogen) atoms. The van der Waals surface area contributed by atoms with E-state index in [0.717, 1.165) is 30.3 Å². The molecule has 2 aliphatic heterocycles. The number of benzene rings is 1. The number of hydrogen-bond acceptors (Lipinski definition) is 5. The first kappa shape index (κ1) is 22.2. The van der Waals surface area contributed by atoms with Crippen molar-refractivity contribution in [1.82, 2.24) is 10.2 Å². The number of rotatable bonds is 8. The smallest absolute Gasteiger partial charge is 0.143 e. The Bertz CT molecular complexity index is 914. The van der Waals surface area contributed by atoms with Gasteiger partial charge >= 0.3 is 0 Å². The highest BCUT2D eigenvalue weighted by molar-refractivity contribution is 14.3. The topological polar surface area (TPSA) is 48.9 Å². The summed E-state index contributed by atoms with van der Waals surface area (Å²) in [4.78, 5) is 7.22. The van der Waals surface area contributed by atoms with Crippen molar-refractivity contribution in [3.05, 3.63) is 33.2 Å². The molecular formula is C23H32I2N4O. The Morgan fingerprint density at radius 1 is 1.23 bits per heavy atom. The lowest BCUT2D eigenvalue weighted by atomic mass is 10.1. The van der Waals surface area contributed by atoms with Crippen LogP contribution in [0.25, 0.3) is 0 Å². The summed E-state index contributed by atoms with van der Waals surface area (Å²) in [5.74, 6) is 2.82. The number of nitrogens with zero attached hydrogens (tertiary/aromatic N) is 2. The van der Waals surface area contributed by atoms with Crippen LogP contribution >= 0.6 is 41.5 Å². The highest BCUT2D eigenvalue weighted by Crippen LogP contribution is 2.41. The Morgan fingerprint density at radius 3 is 2.73 bits per heavy atom. The summed E-state index contributed by atoms with van der Waals surface area (Å²) >= 11 is -0.106. The summed E-state index contributed by atoms with van der Waals surface area (Å²) in [6, 6.07) is 6.62. The Balaban J connectivity index is 1.57. The van der Waals surface area contributed by atoms with Crippen LogP contribution in [0.1, 0.15) is 52.0 Å². The molecule has 1 aromatic carbocycles. The highest BCUT2D eigenvalue weighted by atomic mass is 127. The van der Waals surface area contributed by atoms with Crippen molar-refractivity contribution in [2.24, 2.45) is 10.9 Å². The Hall–Kier alpha value is -0.970. The third kappa shape index (κ3) is 4.92. The number of nitrogens with one attached hydrogen (secondary N) is 2. The van der Waals surface area contributed by atoms with E-state index in [0.29, 0.717) is 12.0 Å². The largest absolute Gasteiger partial charge is 0.488 e. The van der Waals surface area contributed by atoms with Crippen LogP contribution in [0.5, 0.6) is 5.75 Å². The van der Waals surface area contributed by atoms with Crippen molar-refractivity contribution in [2.75, 3.05) is 18.9 Å². The summed E-state index contributed by atoms with van der Waals surface area (Å²) in [6.45, 7) is 8.65. The van der Waals surface area contributed by atoms with Gasteiger partial charge < -0.3 is 20.3 Å². The van der Waals surface area contributed by atoms with Crippen molar-refractivity contribution in [2.45, 2.75) is 59.1 Å². The number of anilines is 1. The molecule has 0 saturated heterocycles. The van der Waals surface area contributed by atoms with Gasteiger partial charge in [0.1, 0.15) is 11.6 Å². The lowest BCUT2D eigenvalue weighted by molar-refractivity contribution is 0.211. The second-order valence-corrected chi connectivity index (χ2v) is 15.7. The molecule has 164 valence electrons. The molecule has 0 amide bonds. The number of hydrogen-bond donors (Lipinski definition) is 2. The minimum atomic E-state index is -0.0561. The van der Waals surface area contributed by atoms with Crippen molar-refractivity contribution >= 4 is 58.6 Å². The first-order valence-corrected chi connectivity index (χ1v) is 15.2. The number of fused-ring (bicyclic) bond motifs is 1. The van der Waals surface area contributed by atoms with Crippen LogP contribution in [0.4, 0.5) is 5.69 Å². The average molecular weight is 634 g/mol. The lowest BCUT2D eigenvalue weighted by Gasteiger charge is -2.26. The van der Waals surface area contributed by atoms with Gasteiger partial charge in [0.05, 0.1) is 25.3 Å². The maximum atomic E-state index is 6.38.